The van der Waals surface area contributed by atoms with Gasteiger partial charge in [0.05, 0.1) is 16.5 Å². The summed E-state index contributed by atoms with van der Waals surface area (Å²) in [4.78, 5) is 3.90. The number of furan rings is 1. The fourth-order valence-electron chi connectivity index (χ4n) is 17.0. The van der Waals surface area contributed by atoms with E-state index < -0.39 is 170 Å². The van der Waals surface area contributed by atoms with Crippen LogP contribution in [-0.4, -0.2) is 23.6 Å². The van der Waals surface area contributed by atoms with E-state index in [0.717, 1.165) is 21.9 Å². The first-order chi connectivity index (χ1) is 63.0. The molecule has 19 aromatic rings. The van der Waals surface area contributed by atoms with E-state index in [2.05, 4.69) is 65.8 Å². The van der Waals surface area contributed by atoms with Crippen molar-refractivity contribution in [3.8, 4) is 78.1 Å². The van der Waals surface area contributed by atoms with Gasteiger partial charge in [0.1, 0.15) is 5.58 Å². The number of aromatic nitrogens is 2. The number of hydrogen-bond acceptors (Lipinski definition) is 3. The first-order valence-electron chi connectivity index (χ1n) is 47.7. The Balaban J connectivity index is 1.00. The minimum absolute atomic E-state index is 0.0154. The molecule has 0 N–H and O–H groups in total. The Morgan fingerprint density at radius 3 is 1.42 bits per heavy atom. The molecule has 110 heavy (non-hydrogen) atoms. The third-order valence-electron chi connectivity index (χ3n) is 22.2. The van der Waals surface area contributed by atoms with Gasteiger partial charge in [-0.2, -0.15) is 0 Å². The Hall–Kier alpha value is -12.7. The Morgan fingerprint density at radius 2 is 0.855 bits per heavy atom. The molecular weight excluding hydrogens is 1400 g/mol. The molecule has 0 spiro atoms. The van der Waals surface area contributed by atoms with Gasteiger partial charge in [0.25, 0.3) is 0 Å². The van der Waals surface area contributed by atoms with Crippen LogP contribution in [0, 0.1) is 0 Å². The molecule has 0 saturated heterocycles. The maximum absolute atomic E-state index is 12.0. The zero-order chi connectivity index (χ0) is 92.6. The molecule has 4 aromatic heterocycles. The van der Waals surface area contributed by atoms with Crippen molar-refractivity contribution in [3.05, 3.63) is 372 Å². The Kier molecular flexibility index (Phi) is 10.2. The fraction of sp³-hybridized carbons (Fsp3) is 0.0962. The molecule has 3 aliphatic rings. The Labute approximate surface area is 677 Å². The van der Waals surface area contributed by atoms with Crippen molar-refractivity contribution in [1.29, 1.82) is 0 Å². The molecule has 0 fully saturated rings. The molecule has 15 aromatic carbocycles. The van der Waals surface area contributed by atoms with Crippen LogP contribution in [0.1, 0.15) is 117 Å². The van der Waals surface area contributed by atoms with E-state index in [1.165, 1.54) is 9.13 Å². The van der Waals surface area contributed by atoms with Gasteiger partial charge in [-0.25, -0.2) is 0 Å². The second kappa shape index (κ2) is 24.4. The number of para-hydroxylation sites is 3. The number of benzene rings is 15. The topological polar surface area (TPSA) is 29.5 Å². The molecule has 22 rings (SSSR count). The SMILES string of the molecule is [2H]c1c([2H])c([2H])c2c(c1[2H])Cc1c-2c2c([2H])c([2H])c([2H])c([2H])c2n1-c1c([2H])c([2H])c2c(c1[2H])N(c1c(-c3ccccc3)cc(C(C)(C)C)cc1-c1ccccc1)c1cc(-c3ccc4c(c3)oc3ccccc34)cc3c1C2c1c([2H])c([2H])c(-n2c4[se]c5c([2H])c([2H])c([2H])c([2H])c5c4c4c([2H])c([2H])c([2H])c([2H])c42)c([2H])c1N3c1c(-c2ccccc2)cc(C(C)(C)C)cc1-c1ccccc1. The molecule has 1 aliphatic carbocycles. The van der Waals surface area contributed by atoms with Gasteiger partial charge in [0.2, 0.25) is 0 Å². The summed E-state index contributed by atoms with van der Waals surface area (Å²) >= 11 is -1.24. The van der Waals surface area contributed by atoms with Gasteiger partial charge >= 0.3 is 421 Å². The zero-order valence-electron chi connectivity index (χ0n) is 82.4. The van der Waals surface area contributed by atoms with Crippen LogP contribution >= 0.6 is 0 Å². The first-order valence-corrected chi connectivity index (χ1v) is 38.5. The average Bonchev–Trinajstić information content (AvgIpc) is 0.871. The summed E-state index contributed by atoms with van der Waals surface area (Å²) in [7, 11) is 0. The maximum atomic E-state index is 12.0. The van der Waals surface area contributed by atoms with Gasteiger partial charge < -0.3 is 4.42 Å². The van der Waals surface area contributed by atoms with Gasteiger partial charge in [-0.3, -0.25) is 0 Å². The number of rotatable bonds is 9. The van der Waals surface area contributed by atoms with Crippen molar-refractivity contribution >= 4 is 112 Å². The van der Waals surface area contributed by atoms with Crippen LogP contribution in [0.25, 0.3) is 141 Å². The molecule has 0 saturated carbocycles. The Bertz CT molecular complexity index is 8300. The van der Waals surface area contributed by atoms with Crippen LogP contribution in [0.15, 0.2) is 338 Å². The molecule has 1 atom stereocenters. The molecule has 524 valence electrons. The van der Waals surface area contributed by atoms with E-state index in [4.69, 9.17) is 9.90 Å². The number of anilines is 6. The van der Waals surface area contributed by atoms with Crippen LogP contribution in [-0.2, 0) is 17.3 Å². The zero-order valence-corrected chi connectivity index (χ0v) is 62.2. The third-order valence-corrected chi connectivity index (χ3v) is 24.5. The van der Waals surface area contributed by atoms with Crippen molar-refractivity contribution in [3.63, 3.8) is 0 Å². The third kappa shape index (κ3) is 9.85. The van der Waals surface area contributed by atoms with Gasteiger partial charge in [-0.15, -0.1) is 0 Å². The van der Waals surface area contributed by atoms with Crippen LogP contribution in [0.3, 0.4) is 0 Å². The predicted molar refractivity (Wildman–Crippen MR) is 462 cm³/mol. The van der Waals surface area contributed by atoms with Crippen molar-refractivity contribution in [1.82, 2.24) is 9.13 Å². The summed E-state index contributed by atoms with van der Waals surface area (Å²) in [6.07, 6.45) is -0.351. The molecule has 1 unspecified atom stereocenters. The van der Waals surface area contributed by atoms with Crippen LogP contribution in [0.4, 0.5) is 34.1 Å². The summed E-state index contributed by atoms with van der Waals surface area (Å²) in [5, 5.41) is 1.36. The van der Waals surface area contributed by atoms with Gasteiger partial charge in [-0.05, 0) is 57.5 Å². The fourth-order valence-corrected chi connectivity index (χ4v) is 19.4. The molecule has 2 aliphatic heterocycles. The second-order valence-electron chi connectivity index (χ2n) is 30.6. The van der Waals surface area contributed by atoms with E-state index in [0.29, 0.717) is 95.1 Å². The van der Waals surface area contributed by atoms with E-state index >= 15 is 0 Å². The summed E-state index contributed by atoms with van der Waals surface area (Å²) in [5.41, 5.74) is 8.25. The molecule has 6 heterocycles. The van der Waals surface area contributed by atoms with Crippen LogP contribution in [0.5, 0.6) is 0 Å². The van der Waals surface area contributed by atoms with Crippen molar-refractivity contribution in [2.45, 2.75) is 64.7 Å². The number of fused-ring (bicyclic) bond motifs is 17. The van der Waals surface area contributed by atoms with Crippen LogP contribution in [0.2, 0.25) is 0 Å². The molecule has 6 heteroatoms. The minimum atomic E-state index is -1.63. The molecule has 0 radical (unpaired) electrons. The molecule has 0 bridgehead atoms. The van der Waals surface area contributed by atoms with Gasteiger partial charge in [-0.1, -0.05) is 142 Å². The Morgan fingerprint density at radius 1 is 0.382 bits per heavy atom. The van der Waals surface area contributed by atoms with Crippen molar-refractivity contribution < 1.29 is 34.6 Å². The van der Waals surface area contributed by atoms with E-state index in [1.807, 2.05) is 186 Å². The quantitative estimate of drug-likeness (QED) is 0.135. The van der Waals surface area contributed by atoms with Crippen molar-refractivity contribution in [2.75, 3.05) is 9.80 Å². The normalized spacial score (nSPS) is 16.5. The average molecular weight is 1500 g/mol. The van der Waals surface area contributed by atoms with Gasteiger partial charge in [0, 0.05) is 33.8 Å². The molecule has 0 amide bonds. The van der Waals surface area contributed by atoms with Crippen molar-refractivity contribution in [2.24, 2.45) is 0 Å². The van der Waals surface area contributed by atoms with Gasteiger partial charge in [0.15, 0.2) is 0 Å². The number of nitrogens with zero attached hydrogens (tertiary/aromatic N) is 4. The van der Waals surface area contributed by atoms with E-state index in [9.17, 15) is 24.7 Å². The standard InChI is InChI=1S/C104H76N4OSe/c1-103(2,3)70-57-82(63-29-11-7-12-30-63)100(83(58-70)64-31-13-8-14-32-64)107-88-61-72(105-86-43-25-21-40-77(86)96-74-38-20-19-37-68(74)53-90(96)105)48-51-79(88)97-80-52-49-73(106-87-44-26-22-41-78(87)98-81-42-24-28-46-95(81)110-102(98)106)62-89(80)108(92-55-69(54-91(107)99(92)97)67-47-50-76-75-39-23-27-45-93(75)109-94(76)56-67)101-84(65-33-15-9-16-34-65)59-71(104(4,5)6)60-85(101)66-35-17-10-18-36-66/h7-52,54-62,97H,53H2,1-6H3/i19D,20D,21D,22D,24D,25D,26D,28D,37D,38D,40D,41D,42D,43D,44D,46D,48D,49D,51D,52D,61D,62D. The predicted octanol–water partition coefficient (Wildman–Crippen LogP) is 28.1. The molecular formula is C104H76N4OSe. The van der Waals surface area contributed by atoms with Crippen LogP contribution < -0.4 is 9.80 Å². The second-order valence-corrected chi connectivity index (χ2v) is 32.7. The first kappa shape index (κ1) is 45.8. The molecule has 5 nitrogen and oxygen atoms in total. The monoisotopic (exact) mass is 1500 g/mol. The number of hydrogen-bond donors (Lipinski definition) is 0. The summed E-state index contributed by atoms with van der Waals surface area (Å²) in [6.45, 7) is 12.7. The van der Waals surface area contributed by atoms with E-state index in [-0.39, 0.29) is 98.2 Å². The summed E-state index contributed by atoms with van der Waals surface area (Å²) < 4.78 is 233. The summed E-state index contributed by atoms with van der Waals surface area (Å²) in [6, 6.07) is 52.3. The summed E-state index contributed by atoms with van der Waals surface area (Å²) in [5.74, 6) is -1.63. The van der Waals surface area contributed by atoms with E-state index in [1.54, 1.807) is 0 Å².